The second-order valence-corrected chi connectivity index (χ2v) is 9.78. The molecular weight excluding hydrogens is 492 g/mol. The third-order valence-corrected chi connectivity index (χ3v) is 6.10. The summed E-state index contributed by atoms with van der Waals surface area (Å²) >= 11 is 0. The van der Waals surface area contributed by atoms with Crippen LogP contribution in [0.1, 0.15) is 42.3 Å². The van der Waals surface area contributed by atoms with E-state index in [0.717, 1.165) is 5.56 Å². The second-order valence-electron chi connectivity index (χ2n) is 9.78. The van der Waals surface area contributed by atoms with Gasteiger partial charge in [0.15, 0.2) is 11.6 Å². The molecule has 5 aromatic rings. The van der Waals surface area contributed by atoms with Crippen LogP contribution in [0.5, 0.6) is 5.75 Å². The number of anilines is 1. The monoisotopic (exact) mass is 516 g/mol. The third kappa shape index (κ3) is 5.06. The van der Waals surface area contributed by atoms with Gasteiger partial charge in [0.2, 0.25) is 0 Å². The summed E-state index contributed by atoms with van der Waals surface area (Å²) in [4.78, 5) is 21.7. The zero-order chi connectivity index (χ0) is 27.6. The number of nitriles is 1. The van der Waals surface area contributed by atoms with Crippen molar-refractivity contribution in [2.24, 2.45) is 10.2 Å². The van der Waals surface area contributed by atoms with Crippen LogP contribution < -0.4 is 5.32 Å². The Labute approximate surface area is 224 Å². The van der Waals surface area contributed by atoms with Crippen LogP contribution in [0.2, 0.25) is 0 Å². The Balaban J connectivity index is 1.55. The second kappa shape index (κ2) is 10.1. The Hall–Kier alpha value is -5.43. The van der Waals surface area contributed by atoms with Crippen molar-refractivity contribution in [3.05, 3.63) is 95.9 Å². The smallest absolute Gasteiger partial charge is 0.260 e. The van der Waals surface area contributed by atoms with E-state index >= 15 is 0 Å². The lowest BCUT2D eigenvalue weighted by molar-refractivity contribution is 0.102. The van der Waals surface area contributed by atoms with Crippen molar-refractivity contribution < 1.29 is 9.90 Å². The fraction of sp³-hybridized carbons (Fsp3) is 0.138. The molecule has 0 spiro atoms. The highest BCUT2D eigenvalue weighted by Crippen LogP contribution is 2.38. The van der Waals surface area contributed by atoms with Gasteiger partial charge in [-0.25, -0.2) is 9.97 Å². The van der Waals surface area contributed by atoms with Crippen molar-refractivity contribution in [1.82, 2.24) is 19.7 Å². The molecule has 2 heterocycles. The zero-order valence-corrected chi connectivity index (χ0v) is 21.5. The van der Waals surface area contributed by atoms with Gasteiger partial charge < -0.3 is 10.4 Å². The van der Waals surface area contributed by atoms with Crippen LogP contribution in [0.3, 0.4) is 0 Å². The SMILES string of the molecule is CC(C)(C)c1ccc(NC(=O)c2c(O)c(N=Nc3c(C#N)cnn3-c3ncccn3)cc3ccccc23)cc1. The molecule has 0 saturated carbocycles. The van der Waals surface area contributed by atoms with Gasteiger partial charge in [-0.3, -0.25) is 4.79 Å². The third-order valence-electron chi connectivity index (χ3n) is 6.10. The van der Waals surface area contributed by atoms with Gasteiger partial charge >= 0.3 is 0 Å². The van der Waals surface area contributed by atoms with Gasteiger partial charge in [-0.05, 0) is 46.0 Å². The highest BCUT2D eigenvalue weighted by atomic mass is 16.3. The topological polar surface area (TPSA) is 141 Å². The molecule has 3 aromatic carbocycles. The van der Waals surface area contributed by atoms with Crippen LogP contribution in [-0.2, 0) is 5.41 Å². The summed E-state index contributed by atoms with van der Waals surface area (Å²) in [5.41, 5.74) is 1.95. The number of benzene rings is 3. The first kappa shape index (κ1) is 25.2. The van der Waals surface area contributed by atoms with Crippen LogP contribution in [0.25, 0.3) is 16.7 Å². The number of nitrogens with zero attached hydrogens (tertiary/aromatic N) is 7. The number of azo groups is 1. The lowest BCUT2D eigenvalue weighted by Gasteiger charge is -2.19. The Bertz CT molecular complexity index is 1750. The fourth-order valence-electron chi connectivity index (χ4n) is 4.04. The maximum absolute atomic E-state index is 13.4. The molecule has 5 rings (SSSR count). The van der Waals surface area contributed by atoms with Crippen LogP contribution in [0, 0.1) is 11.3 Å². The van der Waals surface area contributed by atoms with E-state index in [1.165, 1.54) is 23.3 Å². The summed E-state index contributed by atoms with van der Waals surface area (Å²) in [6, 6.07) is 20.0. The number of phenolic OH excluding ortho intramolecular Hbond substituents is 1. The van der Waals surface area contributed by atoms with Crippen molar-refractivity contribution in [3.8, 4) is 17.8 Å². The number of amides is 1. The zero-order valence-electron chi connectivity index (χ0n) is 21.5. The van der Waals surface area contributed by atoms with E-state index in [0.29, 0.717) is 16.5 Å². The Morgan fingerprint density at radius 3 is 2.44 bits per heavy atom. The molecule has 0 unspecified atom stereocenters. The minimum absolute atomic E-state index is 0.0240. The van der Waals surface area contributed by atoms with Crippen molar-refractivity contribution in [3.63, 3.8) is 0 Å². The molecule has 0 radical (unpaired) electrons. The highest BCUT2D eigenvalue weighted by Gasteiger charge is 2.21. The minimum atomic E-state index is -0.496. The predicted octanol–water partition coefficient (Wildman–Crippen LogP) is 6.36. The number of carbonyl (C=O) groups excluding carboxylic acids is 1. The number of rotatable bonds is 5. The van der Waals surface area contributed by atoms with E-state index < -0.39 is 5.91 Å². The highest BCUT2D eigenvalue weighted by molar-refractivity contribution is 6.16. The Morgan fingerprint density at radius 1 is 1.03 bits per heavy atom. The van der Waals surface area contributed by atoms with Gasteiger partial charge in [0.25, 0.3) is 11.9 Å². The average Bonchev–Trinajstić information content (AvgIpc) is 3.35. The van der Waals surface area contributed by atoms with E-state index in [1.54, 1.807) is 24.3 Å². The van der Waals surface area contributed by atoms with E-state index in [4.69, 9.17) is 0 Å². The van der Waals surface area contributed by atoms with Gasteiger partial charge in [-0.1, -0.05) is 57.2 Å². The standard InChI is InChI=1S/C29H24N8O2/c1-29(2,3)20-9-11-21(12-10-20)34-27(39)24-22-8-5-4-7-18(22)15-23(25(24)38)35-36-26-19(16-30)17-33-37(26)28-31-13-6-14-32-28/h4-15,17,38H,1-3H3,(H,34,39). The summed E-state index contributed by atoms with van der Waals surface area (Å²) < 4.78 is 1.27. The van der Waals surface area contributed by atoms with E-state index in [2.05, 4.69) is 51.4 Å². The van der Waals surface area contributed by atoms with Gasteiger partial charge in [0, 0.05) is 18.1 Å². The van der Waals surface area contributed by atoms with Gasteiger partial charge in [-0.2, -0.15) is 15.0 Å². The van der Waals surface area contributed by atoms with Crippen LogP contribution in [-0.4, -0.2) is 30.8 Å². The molecule has 1 amide bonds. The van der Waals surface area contributed by atoms with Crippen molar-refractivity contribution >= 4 is 33.9 Å². The molecule has 0 bridgehead atoms. The molecule has 192 valence electrons. The molecular formula is C29H24N8O2. The molecule has 0 fully saturated rings. The number of nitrogens with one attached hydrogen (secondary N) is 1. The van der Waals surface area contributed by atoms with Gasteiger partial charge in [0.05, 0.1) is 11.8 Å². The average molecular weight is 517 g/mol. The lowest BCUT2D eigenvalue weighted by Crippen LogP contribution is -2.14. The summed E-state index contributed by atoms with van der Waals surface area (Å²) in [7, 11) is 0. The number of carbonyl (C=O) groups is 1. The molecule has 0 aliphatic rings. The number of hydrogen-bond donors (Lipinski definition) is 2. The maximum atomic E-state index is 13.4. The van der Waals surface area contributed by atoms with Crippen LogP contribution >= 0.6 is 0 Å². The molecule has 0 saturated heterocycles. The first-order chi connectivity index (χ1) is 18.8. The Kier molecular flexibility index (Phi) is 6.56. The first-order valence-electron chi connectivity index (χ1n) is 12.1. The van der Waals surface area contributed by atoms with Gasteiger partial charge in [-0.15, -0.1) is 10.2 Å². The van der Waals surface area contributed by atoms with E-state index in [-0.39, 0.29) is 39.7 Å². The van der Waals surface area contributed by atoms with Crippen molar-refractivity contribution in [2.75, 3.05) is 5.32 Å². The molecule has 0 atom stereocenters. The molecule has 2 N–H and O–H groups in total. The summed E-state index contributed by atoms with van der Waals surface area (Å²) in [6.07, 6.45) is 4.40. The Morgan fingerprint density at radius 2 is 1.74 bits per heavy atom. The first-order valence-corrected chi connectivity index (χ1v) is 12.1. The van der Waals surface area contributed by atoms with Crippen LogP contribution in [0.15, 0.2) is 89.5 Å². The summed E-state index contributed by atoms with van der Waals surface area (Å²) in [5.74, 6) is -0.555. The van der Waals surface area contributed by atoms with Crippen LogP contribution in [0.4, 0.5) is 17.2 Å². The van der Waals surface area contributed by atoms with Crippen molar-refractivity contribution in [2.45, 2.75) is 26.2 Å². The lowest BCUT2D eigenvalue weighted by atomic mass is 9.87. The van der Waals surface area contributed by atoms with E-state index in [1.807, 2.05) is 42.5 Å². The largest absolute Gasteiger partial charge is 0.505 e. The molecule has 10 heteroatoms. The van der Waals surface area contributed by atoms with E-state index in [9.17, 15) is 15.2 Å². The molecule has 0 aliphatic carbocycles. The molecule has 39 heavy (non-hydrogen) atoms. The quantitative estimate of drug-likeness (QED) is 0.260. The number of fused-ring (bicyclic) bond motifs is 1. The predicted molar refractivity (Wildman–Crippen MR) is 147 cm³/mol. The molecule has 0 aliphatic heterocycles. The summed E-state index contributed by atoms with van der Waals surface area (Å²) in [5, 5.41) is 37.4. The maximum Gasteiger partial charge on any atom is 0.260 e. The fourth-order valence-corrected chi connectivity index (χ4v) is 4.04. The number of hydrogen-bond acceptors (Lipinski definition) is 8. The van der Waals surface area contributed by atoms with Crippen molar-refractivity contribution in [1.29, 1.82) is 5.26 Å². The minimum Gasteiger partial charge on any atom is -0.505 e. The number of phenols is 1. The normalized spacial score (nSPS) is 11.5. The van der Waals surface area contributed by atoms with Gasteiger partial charge in [0.1, 0.15) is 17.3 Å². The summed E-state index contributed by atoms with van der Waals surface area (Å²) in [6.45, 7) is 6.35. The number of aromatic hydroxyl groups is 1. The molecule has 10 nitrogen and oxygen atoms in total. The molecule has 2 aromatic heterocycles. The number of aromatic nitrogens is 4.